The molecule has 0 spiro atoms. The Bertz CT molecular complexity index is 587. The van der Waals surface area contributed by atoms with E-state index in [0.29, 0.717) is 17.9 Å². The summed E-state index contributed by atoms with van der Waals surface area (Å²) in [7, 11) is 0. The van der Waals surface area contributed by atoms with E-state index in [2.05, 4.69) is 5.32 Å². The topological polar surface area (TPSA) is 49.4 Å². The van der Waals surface area contributed by atoms with Crippen LogP contribution < -0.4 is 5.32 Å². The molecule has 0 saturated carbocycles. The zero-order valence-corrected chi connectivity index (χ0v) is 12.8. The fourth-order valence-electron chi connectivity index (χ4n) is 2.66. The Labute approximate surface area is 132 Å². The number of halogens is 3. The molecule has 1 aliphatic heterocycles. The Hall–Kier alpha value is -2.05. The number of nitrogens with zero attached hydrogens (tertiary/aromatic N) is 1. The van der Waals surface area contributed by atoms with Gasteiger partial charge in [-0.25, -0.2) is 0 Å². The van der Waals surface area contributed by atoms with Gasteiger partial charge in [0, 0.05) is 19.5 Å². The molecule has 4 nitrogen and oxygen atoms in total. The van der Waals surface area contributed by atoms with Crippen molar-refractivity contribution in [1.82, 2.24) is 10.2 Å². The van der Waals surface area contributed by atoms with Gasteiger partial charge in [0.2, 0.25) is 11.8 Å². The lowest BCUT2D eigenvalue weighted by molar-refractivity contribution is -0.157. The minimum absolute atomic E-state index is 0.160. The molecule has 1 aromatic rings. The van der Waals surface area contributed by atoms with Crippen LogP contribution in [0, 0.1) is 12.8 Å². The van der Waals surface area contributed by atoms with Crippen molar-refractivity contribution < 1.29 is 22.8 Å². The molecule has 23 heavy (non-hydrogen) atoms. The zero-order chi connectivity index (χ0) is 17.0. The number of nitrogens with one attached hydrogen (secondary N) is 1. The lowest BCUT2D eigenvalue weighted by Gasteiger charge is -2.18. The summed E-state index contributed by atoms with van der Waals surface area (Å²) in [5.41, 5.74) is 2.20. The van der Waals surface area contributed by atoms with Crippen molar-refractivity contribution in [1.29, 1.82) is 0 Å². The summed E-state index contributed by atoms with van der Waals surface area (Å²) in [6, 6.07) is 7.86. The van der Waals surface area contributed by atoms with Gasteiger partial charge in [-0.3, -0.25) is 9.59 Å². The van der Waals surface area contributed by atoms with E-state index in [-0.39, 0.29) is 18.9 Å². The molecule has 1 fully saturated rings. The van der Waals surface area contributed by atoms with Crippen LogP contribution >= 0.6 is 0 Å². The number of carbonyl (C=O) groups excluding carboxylic acids is 2. The number of hydrogen-bond acceptors (Lipinski definition) is 2. The minimum atomic E-state index is -4.44. The number of amides is 2. The second-order valence-electron chi connectivity index (χ2n) is 5.82. The van der Waals surface area contributed by atoms with Crippen LogP contribution in [0.15, 0.2) is 24.3 Å². The molecule has 126 valence electrons. The molecular weight excluding hydrogens is 309 g/mol. The van der Waals surface area contributed by atoms with Crippen molar-refractivity contribution in [3.8, 4) is 0 Å². The Balaban J connectivity index is 1.79. The van der Waals surface area contributed by atoms with Gasteiger partial charge in [-0.2, -0.15) is 13.2 Å². The molecule has 0 unspecified atom stereocenters. The Morgan fingerprint density at radius 3 is 2.78 bits per heavy atom. The third-order valence-electron chi connectivity index (χ3n) is 3.75. The molecule has 1 N–H and O–H groups in total. The van der Waals surface area contributed by atoms with Crippen molar-refractivity contribution in [2.24, 2.45) is 5.92 Å². The minimum Gasteiger partial charge on any atom is -0.355 e. The molecule has 1 atom stereocenters. The Morgan fingerprint density at radius 2 is 2.13 bits per heavy atom. The predicted molar refractivity (Wildman–Crippen MR) is 78.6 cm³/mol. The Morgan fingerprint density at radius 1 is 1.39 bits per heavy atom. The zero-order valence-electron chi connectivity index (χ0n) is 12.8. The molecule has 2 rings (SSSR count). The normalized spacial score (nSPS) is 18.3. The molecule has 1 heterocycles. The molecule has 0 aliphatic carbocycles. The summed E-state index contributed by atoms with van der Waals surface area (Å²) in [5.74, 6) is -1.70. The molecule has 7 heteroatoms. The van der Waals surface area contributed by atoms with Crippen LogP contribution in [0.1, 0.15) is 17.5 Å². The fraction of sp³-hybridized carbons (Fsp3) is 0.500. The summed E-state index contributed by atoms with van der Waals surface area (Å²) in [6.07, 6.45) is -3.96. The van der Waals surface area contributed by atoms with Gasteiger partial charge in [-0.05, 0) is 18.9 Å². The van der Waals surface area contributed by atoms with E-state index in [4.69, 9.17) is 0 Å². The van der Waals surface area contributed by atoms with E-state index in [1.54, 1.807) is 0 Å². The van der Waals surface area contributed by atoms with Gasteiger partial charge in [0.05, 0.1) is 5.92 Å². The highest BCUT2D eigenvalue weighted by Crippen LogP contribution is 2.23. The average Bonchev–Trinajstić information content (AvgIpc) is 2.78. The number of rotatable bonds is 5. The first-order chi connectivity index (χ1) is 10.7. The first kappa shape index (κ1) is 17.3. The van der Waals surface area contributed by atoms with E-state index in [1.807, 2.05) is 31.2 Å². The van der Waals surface area contributed by atoms with Crippen molar-refractivity contribution >= 4 is 11.8 Å². The quantitative estimate of drug-likeness (QED) is 0.899. The largest absolute Gasteiger partial charge is 0.406 e. The van der Waals surface area contributed by atoms with Crippen LogP contribution in [0.3, 0.4) is 0 Å². The molecule has 2 amide bonds. The summed E-state index contributed by atoms with van der Waals surface area (Å²) >= 11 is 0. The van der Waals surface area contributed by atoms with Gasteiger partial charge < -0.3 is 10.2 Å². The van der Waals surface area contributed by atoms with Crippen molar-refractivity contribution in [2.45, 2.75) is 25.9 Å². The molecule has 0 radical (unpaired) electrons. The van der Waals surface area contributed by atoms with Crippen LogP contribution in [-0.2, 0) is 16.0 Å². The fourth-order valence-corrected chi connectivity index (χ4v) is 2.66. The highest BCUT2D eigenvalue weighted by Gasteiger charge is 2.40. The first-order valence-electron chi connectivity index (χ1n) is 7.42. The SMILES string of the molecule is Cc1cccc(CCNC(=O)[C@@H]2CC(=O)N(CC(F)(F)F)C2)c1. The second-order valence-corrected chi connectivity index (χ2v) is 5.82. The smallest absolute Gasteiger partial charge is 0.355 e. The van der Waals surface area contributed by atoms with Gasteiger partial charge >= 0.3 is 6.18 Å². The predicted octanol–water partition coefficient (Wildman–Crippen LogP) is 2.06. The van der Waals surface area contributed by atoms with E-state index in [0.717, 1.165) is 11.1 Å². The van der Waals surface area contributed by atoms with Gasteiger partial charge in [-0.15, -0.1) is 0 Å². The standard InChI is InChI=1S/C16H19F3N2O2/c1-11-3-2-4-12(7-11)5-6-20-15(23)13-8-14(22)21(9-13)10-16(17,18)19/h2-4,7,13H,5-6,8-10H2,1H3,(H,20,23)/t13-/m1/s1. The highest BCUT2D eigenvalue weighted by atomic mass is 19.4. The maximum Gasteiger partial charge on any atom is 0.406 e. The third kappa shape index (κ3) is 5.26. The van der Waals surface area contributed by atoms with Crippen LogP contribution in [0.25, 0.3) is 0 Å². The molecule has 1 saturated heterocycles. The number of benzene rings is 1. The number of aryl methyl sites for hydroxylation is 1. The summed E-state index contributed by atoms with van der Waals surface area (Å²) in [5, 5.41) is 2.70. The van der Waals surface area contributed by atoms with Gasteiger partial charge in [0.15, 0.2) is 0 Å². The third-order valence-corrected chi connectivity index (χ3v) is 3.75. The molecular formula is C16H19F3N2O2. The van der Waals surface area contributed by atoms with Crippen molar-refractivity contribution in [3.63, 3.8) is 0 Å². The number of alkyl halides is 3. The second kappa shape index (κ2) is 7.02. The monoisotopic (exact) mass is 328 g/mol. The average molecular weight is 328 g/mol. The van der Waals surface area contributed by atoms with Crippen LogP contribution in [0.2, 0.25) is 0 Å². The van der Waals surface area contributed by atoms with Crippen LogP contribution in [0.5, 0.6) is 0 Å². The highest BCUT2D eigenvalue weighted by molar-refractivity contribution is 5.89. The van der Waals surface area contributed by atoms with Gasteiger partial charge in [0.1, 0.15) is 6.54 Å². The van der Waals surface area contributed by atoms with E-state index in [9.17, 15) is 22.8 Å². The lowest BCUT2D eigenvalue weighted by atomic mass is 10.1. The number of likely N-dealkylation sites (tertiary alicyclic amines) is 1. The number of hydrogen-bond donors (Lipinski definition) is 1. The summed E-state index contributed by atoms with van der Waals surface area (Å²) < 4.78 is 37.0. The van der Waals surface area contributed by atoms with Crippen LogP contribution in [-0.4, -0.2) is 42.5 Å². The lowest BCUT2D eigenvalue weighted by Crippen LogP contribution is -2.37. The van der Waals surface area contributed by atoms with Crippen LogP contribution in [0.4, 0.5) is 13.2 Å². The Kier molecular flexibility index (Phi) is 5.28. The van der Waals surface area contributed by atoms with Gasteiger partial charge in [-0.1, -0.05) is 29.8 Å². The number of carbonyl (C=O) groups is 2. The van der Waals surface area contributed by atoms with E-state index < -0.39 is 24.5 Å². The maximum absolute atomic E-state index is 12.3. The molecule has 1 aromatic carbocycles. The summed E-state index contributed by atoms with van der Waals surface area (Å²) in [6.45, 7) is 0.904. The van der Waals surface area contributed by atoms with E-state index >= 15 is 0 Å². The van der Waals surface area contributed by atoms with E-state index in [1.165, 1.54) is 0 Å². The molecule has 0 bridgehead atoms. The van der Waals surface area contributed by atoms with Crippen molar-refractivity contribution in [2.75, 3.05) is 19.6 Å². The molecule has 1 aliphatic rings. The van der Waals surface area contributed by atoms with Gasteiger partial charge in [0.25, 0.3) is 0 Å². The van der Waals surface area contributed by atoms with Crippen molar-refractivity contribution in [3.05, 3.63) is 35.4 Å². The maximum atomic E-state index is 12.3. The molecule has 0 aromatic heterocycles. The summed E-state index contributed by atoms with van der Waals surface area (Å²) in [4.78, 5) is 24.2. The first-order valence-corrected chi connectivity index (χ1v) is 7.42.